The van der Waals surface area contributed by atoms with E-state index in [1.165, 1.54) is 19.3 Å². The van der Waals surface area contributed by atoms with E-state index in [-0.39, 0.29) is 0 Å². The third-order valence-electron chi connectivity index (χ3n) is 3.27. The van der Waals surface area contributed by atoms with Crippen molar-refractivity contribution >= 4 is 17.4 Å². The fourth-order valence-electron chi connectivity index (χ4n) is 2.24. The number of aromatic nitrogens is 2. The molecule has 0 aliphatic rings. The summed E-state index contributed by atoms with van der Waals surface area (Å²) >= 11 is 6.24. The number of nitrogens with zero attached hydrogens (tertiary/aromatic N) is 3. The van der Waals surface area contributed by atoms with E-state index in [0.717, 1.165) is 30.8 Å². The van der Waals surface area contributed by atoms with Gasteiger partial charge < -0.3 is 4.90 Å². The Morgan fingerprint density at radius 3 is 2.47 bits per heavy atom. The molecule has 0 spiro atoms. The van der Waals surface area contributed by atoms with Gasteiger partial charge in [0.15, 0.2) is 0 Å². The second kappa shape index (κ2) is 8.36. The van der Waals surface area contributed by atoms with Gasteiger partial charge in [0.25, 0.3) is 0 Å². The van der Waals surface area contributed by atoms with E-state index in [4.69, 9.17) is 11.6 Å². The van der Waals surface area contributed by atoms with E-state index >= 15 is 0 Å². The standard InChI is InChI=1S/C15H26ClN3/c1-5-7-8-10-19(12(3)4)15-13(9-6-2)14(16)17-11-18-15/h11-12H,5-10H2,1-4H3. The maximum absolute atomic E-state index is 6.24. The van der Waals surface area contributed by atoms with Crippen molar-refractivity contribution in [2.45, 2.75) is 65.8 Å². The van der Waals surface area contributed by atoms with Crippen LogP contribution >= 0.6 is 11.6 Å². The molecule has 0 aliphatic heterocycles. The predicted octanol–water partition coefficient (Wildman–Crippen LogP) is 4.49. The Morgan fingerprint density at radius 2 is 1.89 bits per heavy atom. The van der Waals surface area contributed by atoms with Gasteiger partial charge in [0, 0.05) is 18.2 Å². The minimum atomic E-state index is 0.429. The van der Waals surface area contributed by atoms with Gasteiger partial charge in [-0.25, -0.2) is 9.97 Å². The molecule has 4 heteroatoms. The maximum Gasteiger partial charge on any atom is 0.137 e. The zero-order valence-corrected chi connectivity index (χ0v) is 13.4. The summed E-state index contributed by atoms with van der Waals surface area (Å²) in [4.78, 5) is 11.0. The fourth-order valence-corrected chi connectivity index (χ4v) is 2.46. The van der Waals surface area contributed by atoms with Crippen LogP contribution in [-0.2, 0) is 6.42 Å². The number of hydrogen-bond donors (Lipinski definition) is 0. The number of halogens is 1. The third-order valence-corrected chi connectivity index (χ3v) is 3.59. The van der Waals surface area contributed by atoms with Gasteiger partial charge in [0.1, 0.15) is 17.3 Å². The first-order chi connectivity index (χ1) is 9.11. The molecule has 0 aromatic carbocycles. The molecule has 1 aromatic rings. The maximum atomic E-state index is 6.24. The lowest BCUT2D eigenvalue weighted by molar-refractivity contribution is 0.615. The summed E-state index contributed by atoms with van der Waals surface area (Å²) in [7, 11) is 0. The first kappa shape index (κ1) is 16.2. The van der Waals surface area contributed by atoms with Crippen molar-refractivity contribution in [2.24, 2.45) is 0 Å². The van der Waals surface area contributed by atoms with Crippen LogP contribution in [-0.4, -0.2) is 22.6 Å². The van der Waals surface area contributed by atoms with Crippen molar-refractivity contribution in [3.63, 3.8) is 0 Å². The van der Waals surface area contributed by atoms with Crippen LogP contribution in [0.15, 0.2) is 6.33 Å². The normalized spacial score (nSPS) is 11.1. The highest BCUT2D eigenvalue weighted by molar-refractivity contribution is 6.30. The largest absolute Gasteiger partial charge is 0.354 e. The van der Waals surface area contributed by atoms with Crippen LogP contribution in [0.4, 0.5) is 5.82 Å². The fraction of sp³-hybridized carbons (Fsp3) is 0.733. The molecule has 108 valence electrons. The summed E-state index contributed by atoms with van der Waals surface area (Å²) in [5.41, 5.74) is 1.09. The highest BCUT2D eigenvalue weighted by Crippen LogP contribution is 2.26. The highest BCUT2D eigenvalue weighted by Gasteiger charge is 2.17. The molecule has 0 saturated heterocycles. The van der Waals surface area contributed by atoms with E-state index in [1.54, 1.807) is 6.33 Å². The van der Waals surface area contributed by atoms with Crippen molar-refractivity contribution in [3.8, 4) is 0 Å². The Bertz CT molecular complexity index is 380. The molecule has 0 amide bonds. The van der Waals surface area contributed by atoms with Gasteiger partial charge in [0.05, 0.1) is 0 Å². The Hall–Kier alpha value is -0.830. The van der Waals surface area contributed by atoms with Crippen molar-refractivity contribution in [3.05, 3.63) is 17.0 Å². The molecular formula is C15H26ClN3. The lowest BCUT2D eigenvalue weighted by Crippen LogP contribution is -2.33. The molecule has 1 aromatic heterocycles. The highest BCUT2D eigenvalue weighted by atomic mass is 35.5. The van der Waals surface area contributed by atoms with Gasteiger partial charge in [0.2, 0.25) is 0 Å². The first-order valence-corrected chi connectivity index (χ1v) is 7.75. The second-order valence-electron chi connectivity index (χ2n) is 5.21. The molecular weight excluding hydrogens is 258 g/mol. The van der Waals surface area contributed by atoms with Crippen LogP contribution in [0.3, 0.4) is 0 Å². The molecule has 1 heterocycles. The van der Waals surface area contributed by atoms with Crippen LogP contribution in [0.5, 0.6) is 0 Å². The SMILES string of the molecule is CCCCCN(c1ncnc(Cl)c1CCC)C(C)C. The van der Waals surface area contributed by atoms with Crippen molar-refractivity contribution in [2.75, 3.05) is 11.4 Å². The van der Waals surface area contributed by atoms with Gasteiger partial charge in [-0.2, -0.15) is 0 Å². The van der Waals surface area contributed by atoms with Gasteiger partial charge >= 0.3 is 0 Å². The Morgan fingerprint density at radius 1 is 1.16 bits per heavy atom. The van der Waals surface area contributed by atoms with Gasteiger partial charge in [-0.1, -0.05) is 44.7 Å². The van der Waals surface area contributed by atoms with E-state index in [2.05, 4.69) is 42.6 Å². The molecule has 0 N–H and O–H groups in total. The Kier molecular flexibility index (Phi) is 7.14. The van der Waals surface area contributed by atoms with Crippen LogP contribution in [0.1, 0.15) is 58.9 Å². The summed E-state index contributed by atoms with van der Waals surface area (Å²) in [5, 5.41) is 0.605. The third kappa shape index (κ3) is 4.64. The molecule has 0 radical (unpaired) electrons. The minimum absolute atomic E-state index is 0.429. The summed E-state index contributed by atoms with van der Waals surface area (Å²) in [6, 6.07) is 0.429. The molecule has 0 unspecified atom stereocenters. The molecule has 0 fully saturated rings. The van der Waals surface area contributed by atoms with Gasteiger partial charge in [-0.15, -0.1) is 0 Å². The summed E-state index contributed by atoms with van der Waals surface area (Å²) in [6.45, 7) is 9.83. The molecule has 0 bridgehead atoms. The van der Waals surface area contributed by atoms with E-state index in [9.17, 15) is 0 Å². The summed E-state index contributed by atoms with van der Waals surface area (Å²) in [6.07, 6.45) is 7.25. The van der Waals surface area contributed by atoms with Crippen LogP contribution in [0.25, 0.3) is 0 Å². The van der Waals surface area contributed by atoms with Crippen LogP contribution < -0.4 is 4.90 Å². The zero-order valence-electron chi connectivity index (χ0n) is 12.6. The molecule has 1 rings (SSSR count). The zero-order chi connectivity index (χ0) is 14.3. The van der Waals surface area contributed by atoms with Gasteiger partial charge in [-0.3, -0.25) is 0 Å². The number of unbranched alkanes of at least 4 members (excludes halogenated alkanes) is 2. The Balaban J connectivity index is 2.97. The average Bonchev–Trinajstić information content (AvgIpc) is 2.37. The molecule has 0 saturated carbocycles. The first-order valence-electron chi connectivity index (χ1n) is 7.37. The minimum Gasteiger partial charge on any atom is -0.354 e. The van der Waals surface area contributed by atoms with Crippen LogP contribution in [0, 0.1) is 0 Å². The smallest absolute Gasteiger partial charge is 0.137 e. The monoisotopic (exact) mass is 283 g/mol. The lowest BCUT2D eigenvalue weighted by atomic mass is 10.1. The van der Waals surface area contributed by atoms with Crippen molar-refractivity contribution in [1.82, 2.24) is 9.97 Å². The second-order valence-corrected chi connectivity index (χ2v) is 5.57. The van der Waals surface area contributed by atoms with Crippen LogP contribution in [0.2, 0.25) is 5.15 Å². The van der Waals surface area contributed by atoms with Crippen molar-refractivity contribution in [1.29, 1.82) is 0 Å². The predicted molar refractivity (Wildman–Crippen MR) is 83.0 cm³/mol. The average molecular weight is 284 g/mol. The number of rotatable bonds is 8. The molecule has 0 aliphatic carbocycles. The van der Waals surface area contributed by atoms with E-state index in [1.807, 2.05) is 0 Å². The van der Waals surface area contributed by atoms with E-state index < -0.39 is 0 Å². The van der Waals surface area contributed by atoms with Gasteiger partial charge in [-0.05, 0) is 26.7 Å². The quantitative estimate of drug-likeness (QED) is 0.520. The Labute approximate surface area is 122 Å². The number of anilines is 1. The summed E-state index contributed by atoms with van der Waals surface area (Å²) < 4.78 is 0. The topological polar surface area (TPSA) is 29.0 Å². The summed E-state index contributed by atoms with van der Waals surface area (Å²) in [5.74, 6) is 1.02. The molecule has 19 heavy (non-hydrogen) atoms. The van der Waals surface area contributed by atoms with E-state index in [0.29, 0.717) is 11.2 Å². The number of hydrogen-bond acceptors (Lipinski definition) is 3. The molecule has 0 atom stereocenters. The van der Waals surface area contributed by atoms with Crippen molar-refractivity contribution < 1.29 is 0 Å². The molecule has 3 nitrogen and oxygen atoms in total. The lowest BCUT2D eigenvalue weighted by Gasteiger charge is -2.29.